The van der Waals surface area contributed by atoms with Gasteiger partial charge in [-0.25, -0.2) is 0 Å². The van der Waals surface area contributed by atoms with E-state index in [4.69, 9.17) is 18.9 Å². The number of amides is 2. The summed E-state index contributed by atoms with van der Waals surface area (Å²) in [6.07, 6.45) is 2.75. The molecule has 48 heavy (non-hydrogen) atoms. The maximum absolute atomic E-state index is 12.7. The monoisotopic (exact) mass is 659 g/mol. The van der Waals surface area contributed by atoms with E-state index in [2.05, 4.69) is 34.6 Å². The molecule has 0 radical (unpaired) electrons. The number of nitrogens with one attached hydrogen (secondary N) is 2. The lowest BCUT2D eigenvalue weighted by molar-refractivity contribution is -0.276. The van der Waals surface area contributed by atoms with Gasteiger partial charge in [-0.15, -0.1) is 0 Å². The van der Waals surface area contributed by atoms with E-state index in [0.29, 0.717) is 18.7 Å². The predicted octanol–water partition coefficient (Wildman–Crippen LogP) is 5.68. The van der Waals surface area contributed by atoms with Gasteiger partial charge >= 0.3 is 0 Å². The molecule has 4 atom stereocenters. The number of hydrogen-bond acceptors (Lipinski definition) is 8. The summed E-state index contributed by atoms with van der Waals surface area (Å²) in [6, 6.07) is 19.8. The zero-order valence-corrected chi connectivity index (χ0v) is 28.5. The Morgan fingerprint density at radius 3 is 2.40 bits per heavy atom. The van der Waals surface area contributed by atoms with Gasteiger partial charge in [0.25, 0.3) is 0 Å². The molecule has 0 unspecified atom stereocenters. The molecule has 2 amide bonds. The fourth-order valence-electron chi connectivity index (χ4n) is 6.52. The van der Waals surface area contributed by atoms with Crippen LogP contribution < -0.4 is 20.1 Å². The second-order valence-electron chi connectivity index (χ2n) is 12.8. The van der Waals surface area contributed by atoms with Crippen molar-refractivity contribution in [1.29, 1.82) is 0 Å². The minimum absolute atomic E-state index is 0.0155. The van der Waals surface area contributed by atoms with Crippen LogP contribution in [0, 0.1) is 5.92 Å². The van der Waals surface area contributed by atoms with Crippen LogP contribution in [0.15, 0.2) is 60.7 Å². The van der Waals surface area contributed by atoms with Crippen LogP contribution in [0.25, 0.3) is 0 Å². The van der Waals surface area contributed by atoms with Crippen LogP contribution in [-0.2, 0) is 38.6 Å². The van der Waals surface area contributed by atoms with Gasteiger partial charge in [-0.1, -0.05) is 49.7 Å². The molecule has 5 rings (SSSR count). The van der Waals surface area contributed by atoms with Gasteiger partial charge in [-0.3, -0.25) is 14.5 Å². The highest BCUT2D eigenvalue weighted by molar-refractivity contribution is 5.90. The van der Waals surface area contributed by atoms with Crippen LogP contribution in [0.3, 0.4) is 0 Å². The second kappa shape index (κ2) is 16.9. The predicted molar refractivity (Wildman–Crippen MR) is 184 cm³/mol. The van der Waals surface area contributed by atoms with Gasteiger partial charge in [-0.2, -0.15) is 0 Å². The van der Waals surface area contributed by atoms with Crippen LogP contribution in [0.5, 0.6) is 11.5 Å². The molecule has 2 heterocycles. The van der Waals surface area contributed by atoms with E-state index >= 15 is 0 Å². The normalized spacial score (nSPS) is 20.9. The van der Waals surface area contributed by atoms with E-state index < -0.39 is 6.29 Å². The first-order chi connectivity index (χ1) is 23.3. The van der Waals surface area contributed by atoms with E-state index in [1.165, 1.54) is 18.1 Å². The van der Waals surface area contributed by atoms with Crippen molar-refractivity contribution in [3.63, 3.8) is 0 Å². The molecule has 258 valence electrons. The number of hydrogen-bond donors (Lipinski definition) is 3. The Morgan fingerprint density at radius 2 is 1.69 bits per heavy atom. The topological polar surface area (TPSA) is 119 Å². The lowest BCUT2D eigenvalue weighted by Crippen LogP contribution is -2.45. The second-order valence-corrected chi connectivity index (χ2v) is 12.8. The molecule has 0 bridgehead atoms. The Bertz CT molecular complexity index is 1530. The first-order valence-corrected chi connectivity index (χ1v) is 16.9. The van der Waals surface area contributed by atoms with Crippen LogP contribution >= 0.6 is 0 Å². The number of unbranched alkanes of at least 4 members (excludes halogenated alkanes) is 2. The largest absolute Gasteiger partial charge is 0.493 e. The maximum Gasteiger partial charge on any atom is 0.224 e. The van der Waals surface area contributed by atoms with Crippen molar-refractivity contribution in [3.05, 3.63) is 88.5 Å². The van der Waals surface area contributed by atoms with Gasteiger partial charge in [0, 0.05) is 56.7 Å². The van der Waals surface area contributed by atoms with Crippen molar-refractivity contribution >= 4 is 17.5 Å². The van der Waals surface area contributed by atoms with Gasteiger partial charge < -0.3 is 34.7 Å². The molecule has 3 N–H and O–H groups in total. The third kappa shape index (κ3) is 9.14. The van der Waals surface area contributed by atoms with E-state index in [0.717, 1.165) is 73.5 Å². The molecule has 10 nitrogen and oxygen atoms in total. The van der Waals surface area contributed by atoms with E-state index in [1.807, 2.05) is 48.5 Å². The molecule has 0 aliphatic carbocycles. The molecule has 3 aromatic carbocycles. The van der Waals surface area contributed by atoms with Crippen molar-refractivity contribution in [2.24, 2.45) is 5.92 Å². The van der Waals surface area contributed by atoms with Crippen molar-refractivity contribution < 1.29 is 33.6 Å². The van der Waals surface area contributed by atoms with Crippen molar-refractivity contribution in [3.8, 4) is 11.5 Å². The van der Waals surface area contributed by atoms with Gasteiger partial charge in [0.15, 0.2) is 17.8 Å². The summed E-state index contributed by atoms with van der Waals surface area (Å²) in [5, 5.41) is 15.4. The molecule has 2 aliphatic rings. The fourth-order valence-corrected chi connectivity index (χ4v) is 6.52. The third-order valence-electron chi connectivity index (χ3n) is 9.26. The van der Waals surface area contributed by atoms with Gasteiger partial charge in [0.1, 0.15) is 0 Å². The van der Waals surface area contributed by atoms with E-state index in [9.17, 15) is 14.7 Å². The highest BCUT2D eigenvalue weighted by atomic mass is 16.7. The number of aliphatic hydroxyl groups excluding tert-OH is 1. The Labute approximate surface area is 283 Å². The number of nitrogens with zero attached hydrogens (tertiary/aromatic N) is 1. The molecule has 0 saturated carbocycles. The smallest absolute Gasteiger partial charge is 0.224 e. The maximum atomic E-state index is 12.7. The summed E-state index contributed by atoms with van der Waals surface area (Å²) in [4.78, 5) is 26.2. The van der Waals surface area contributed by atoms with Gasteiger partial charge in [0.2, 0.25) is 11.8 Å². The zero-order chi connectivity index (χ0) is 34.0. The standard InChI is InChI=1S/C38H49N3O7/c1-25-35(23-41-18-16-29-20-33(45-3)34(46-4)21-31(29)22-41)47-38(48-37(25)28-14-12-27(24-42)13-15-28)30-9-8-10-32(19-30)40-36(44)11-6-5-7-17-39-26(2)43/h8-10,12-15,19-21,25,35,37-38,42H,5-7,11,16-18,22-24H2,1-4H3,(H,39,43)(H,40,44)/t25-,35+,37+,38+/m0/s1. The molecule has 3 aromatic rings. The average Bonchev–Trinajstić information content (AvgIpc) is 3.10. The highest BCUT2D eigenvalue weighted by Crippen LogP contribution is 2.43. The molecule has 10 heteroatoms. The van der Waals surface area contributed by atoms with Crippen LogP contribution in [0.4, 0.5) is 5.69 Å². The number of anilines is 1. The van der Waals surface area contributed by atoms with Crippen LogP contribution in [0.1, 0.15) is 79.7 Å². The fraction of sp³-hybridized carbons (Fsp3) is 0.474. The van der Waals surface area contributed by atoms with Gasteiger partial charge in [-0.05, 0) is 65.8 Å². The Hall–Kier alpha value is -3.96. The summed E-state index contributed by atoms with van der Waals surface area (Å²) in [5.41, 5.74) is 5.90. The zero-order valence-electron chi connectivity index (χ0n) is 28.5. The van der Waals surface area contributed by atoms with Crippen LogP contribution in [-0.4, -0.2) is 61.8 Å². The Kier molecular flexibility index (Phi) is 12.5. The number of carbonyl (C=O) groups is 2. The molecular weight excluding hydrogens is 610 g/mol. The molecular formula is C38H49N3O7. The Morgan fingerprint density at radius 1 is 0.938 bits per heavy atom. The number of ether oxygens (including phenoxy) is 4. The minimum atomic E-state index is -0.638. The quantitative estimate of drug-likeness (QED) is 0.189. The Balaban J connectivity index is 1.29. The third-order valence-corrected chi connectivity index (χ3v) is 9.26. The highest BCUT2D eigenvalue weighted by Gasteiger charge is 2.39. The molecule has 1 saturated heterocycles. The number of rotatable bonds is 14. The first-order valence-electron chi connectivity index (χ1n) is 16.9. The molecule has 0 aromatic heterocycles. The SMILES string of the molecule is COc1cc2c(cc1OC)CN(C[C@H]1O[C@@H](c3cccc(NC(=O)CCCCCNC(C)=O)c3)O[C@@H](c3ccc(CO)cc3)[C@H]1C)CC2. The number of aliphatic hydroxyl groups is 1. The summed E-state index contributed by atoms with van der Waals surface area (Å²) in [7, 11) is 3.33. The molecule has 0 spiro atoms. The van der Waals surface area contributed by atoms with E-state index in [-0.39, 0.29) is 36.5 Å². The van der Waals surface area contributed by atoms with Crippen LogP contribution in [0.2, 0.25) is 0 Å². The minimum Gasteiger partial charge on any atom is -0.493 e. The first kappa shape index (κ1) is 35.3. The average molecular weight is 660 g/mol. The molecule has 2 aliphatic heterocycles. The van der Waals surface area contributed by atoms with E-state index in [1.54, 1.807) is 14.2 Å². The number of fused-ring (bicyclic) bond motifs is 1. The van der Waals surface area contributed by atoms with Crippen molar-refractivity contribution in [2.45, 2.75) is 77.6 Å². The lowest BCUT2D eigenvalue weighted by Gasteiger charge is -2.43. The summed E-state index contributed by atoms with van der Waals surface area (Å²) in [5.74, 6) is 1.44. The molecule has 1 fully saturated rings. The van der Waals surface area contributed by atoms with Crippen molar-refractivity contribution in [1.82, 2.24) is 10.2 Å². The summed E-state index contributed by atoms with van der Waals surface area (Å²) < 4.78 is 24.5. The van der Waals surface area contributed by atoms with Gasteiger partial charge in [0.05, 0.1) is 33.0 Å². The summed E-state index contributed by atoms with van der Waals surface area (Å²) >= 11 is 0. The number of benzene rings is 3. The summed E-state index contributed by atoms with van der Waals surface area (Å²) in [6.45, 7) is 6.68. The lowest BCUT2D eigenvalue weighted by atomic mass is 9.89. The van der Waals surface area contributed by atoms with Crippen molar-refractivity contribution in [2.75, 3.05) is 39.2 Å². The number of carbonyl (C=O) groups excluding carboxylic acids is 2. The number of methoxy groups -OCH3 is 2.